The van der Waals surface area contributed by atoms with Crippen LogP contribution in [0.1, 0.15) is 55.5 Å². The minimum Gasteiger partial charge on any atom is -0.497 e. The molecule has 1 saturated carbocycles. The van der Waals surface area contributed by atoms with E-state index in [2.05, 4.69) is 15.6 Å². The largest absolute Gasteiger partial charge is 0.497 e. The number of carbonyl (C=O) groups is 1. The third-order valence-electron chi connectivity index (χ3n) is 6.57. The van der Waals surface area contributed by atoms with E-state index in [1.807, 2.05) is 41.4 Å². The van der Waals surface area contributed by atoms with Gasteiger partial charge in [-0.05, 0) is 49.1 Å². The first-order chi connectivity index (χ1) is 14.7. The monoisotopic (exact) mass is 404 g/mol. The summed E-state index contributed by atoms with van der Waals surface area (Å²) in [5.74, 6) is 2.65. The Balaban J connectivity index is 1.37. The van der Waals surface area contributed by atoms with E-state index in [0.29, 0.717) is 12.3 Å². The highest BCUT2D eigenvalue weighted by Crippen LogP contribution is 2.38. The summed E-state index contributed by atoms with van der Waals surface area (Å²) < 4.78 is 7.64. The maximum atomic E-state index is 13.0. The number of hydrogen-bond donors (Lipinski definition) is 0. The average molecular weight is 405 g/mol. The molecular formula is C24H28N4O2. The van der Waals surface area contributed by atoms with Crippen LogP contribution >= 0.6 is 0 Å². The molecule has 2 aliphatic rings. The Morgan fingerprint density at radius 3 is 2.87 bits per heavy atom. The fourth-order valence-corrected chi connectivity index (χ4v) is 5.03. The highest BCUT2D eigenvalue weighted by atomic mass is 16.5. The van der Waals surface area contributed by atoms with Crippen LogP contribution in [0.3, 0.4) is 0 Å². The Labute approximate surface area is 176 Å². The number of hydrogen-bond acceptors (Lipinski definition) is 4. The van der Waals surface area contributed by atoms with E-state index in [4.69, 9.17) is 9.72 Å². The van der Waals surface area contributed by atoms with Crippen LogP contribution in [0.15, 0.2) is 42.6 Å². The van der Waals surface area contributed by atoms with Gasteiger partial charge >= 0.3 is 0 Å². The van der Waals surface area contributed by atoms with Gasteiger partial charge in [-0.15, -0.1) is 0 Å². The Bertz CT molecular complexity index is 1050. The van der Waals surface area contributed by atoms with Crippen molar-refractivity contribution in [1.82, 2.24) is 19.4 Å². The first kappa shape index (κ1) is 19.1. The second kappa shape index (κ2) is 8.09. The van der Waals surface area contributed by atoms with Gasteiger partial charge in [-0.3, -0.25) is 4.79 Å². The number of methoxy groups -OCH3 is 1. The topological polar surface area (TPSA) is 60.2 Å². The lowest BCUT2D eigenvalue weighted by Gasteiger charge is -2.20. The molecule has 0 radical (unpaired) electrons. The van der Waals surface area contributed by atoms with Crippen LogP contribution in [-0.4, -0.2) is 45.5 Å². The van der Waals surface area contributed by atoms with Crippen LogP contribution < -0.4 is 4.74 Å². The van der Waals surface area contributed by atoms with E-state index in [1.165, 1.54) is 31.5 Å². The number of ether oxygens (including phenoxy) is 1. The summed E-state index contributed by atoms with van der Waals surface area (Å²) in [5.41, 5.74) is 2.93. The fraction of sp³-hybridized carbons (Fsp3) is 0.458. The molecule has 156 valence electrons. The first-order valence-corrected chi connectivity index (χ1v) is 11.0. The van der Waals surface area contributed by atoms with E-state index >= 15 is 0 Å². The molecule has 6 heteroatoms. The molecule has 0 N–H and O–H groups in total. The highest BCUT2D eigenvalue weighted by Gasteiger charge is 2.33. The summed E-state index contributed by atoms with van der Waals surface area (Å²) in [6.45, 7) is 1.51. The van der Waals surface area contributed by atoms with Gasteiger partial charge < -0.3 is 14.2 Å². The molecular weight excluding hydrogens is 376 g/mol. The van der Waals surface area contributed by atoms with Gasteiger partial charge in [0.1, 0.15) is 17.1 Å². The molecule has 0 unspecified atom stereocenters. The Kier molecular flexibility index (Phi) is 5.15. The van der Waals surface area contributed by atoms with Crippen molar-refractivity contribution in [3.8, 4) is 5.75 Å². The number of fused-ring (bicyclic) bond motifs is 1. The number of likely N-dealkylation sites (tertiary alicyclic amines) is 1. The number of carbonyl (C=O) groups excluding carboxylic acids is 1. The predicted molar refractivity (Wildman–Crippen MR) is 116 cm³/mol. The summed E-state index contributed by atoms with van der Waals surface area (Å²) in [4.78, 5) is 24.6. The first-order valence-electron chi connectivity index (χ1n) is 11.0. The molecule has 1 aromatic carbocycles. The second-order valence-corrected chi connectivity index (χ2v) is 8.48. The number of amides is 1. The smallest absolute Gasteiger partial charge is 0.227 e. The van der Waals surface area contributed by atoms with Crippen molar-refractivity contribution in [2.24, 2.45) is 0 Å². The van der Waals surface area contributed by atoms with Gasteiger partial charge in [-0.25, -0.2) is 9.97 Å². The van der Waals surface area contributed by atoms with Gasteiger partial charge in [-0.2, -0.15) is 0 Å². The zero-order chi connectivity index (χ0) is 20.5. The molecule has 1 amide bonds. The van der Waals surface area contributed by atoms with Gasteiger partial charge in [0.15, 0.2) is 5.65 Å². The maximum absolute atomic E-state index is 13.0. The lowest BCUT2D eigenvalue weighted by atomic mass is 10.1. The number of nitrogens with zero attached hydrogens (tertiary/aromatic N) is 4. The SMILES string of the molecule is COc1cccc(CC(=O)N2CC[C@@H](n3c(C4CCCC4)nc4cccnc43)C2)c1. The quantitative estimate of drug-likeness (QED) is 0.642. The van der Waals surface area contributed by atoms with Crippen molar-refractivity contribution in [1.29, 1.82) is 0 Å². The molecule has 1 atom stereocenters. The van der Waals surface area contributed by atoms with Gasteiger partial charge in [0.2, 0.25) is 5.91 Å². The molecule has 1 saturated heterocycles. The number of rotatable bonds is 5. The summed E-state index contributed by atoms with van der Waals surface area (Å²) >= 11 is 0. The highest BCUT2D eigenvalue weighted by molar-refractivity contribution is 5.79. The Morgan fingerprint density at radius 2 is 2.03 bits per heavy atom. The van der Waals surface area contributed by atoms with Gasteiger partial charge in [0, 0.05) is 25.2 Å². The van der Waals surface area contributed by atoms with Crippen molar-refractivity contribution in [2.45, 2.75) is 50.5 Å². The minimum absolute atomic E-state index is 0.172. The number of aromatic nitrogens is 3. The lowest BCUT2D eigenvalue weighted by molar-refractivity contribution is -0.129. The molecule has 1 aliphatic heterocycles. The van der Waals surface area contributed by atoms with E-state index in [-0.39, 0.29) is 11.9 Å². The molecule has 0 spiro atoms. The maximum Gasteiger partial charge on any atom is 0.227 e. The molecule has 3 heterocycles. The van der Waals surface area contributed by atoms with Crippen LogP contribution in [0, 0.1) is 0 Å². The molecule has 0 bridgehead atoms. The van der Waals surface area contributed by atoms with E-state index < -0.39 is 0 Å². The summed E-state index contributed by atoms with van der Waals surface area (Å²) in [6, 6.07) is 12.0. The summed E-state index contributed by atoms with van der Waals surface area (Å²) in [6.07, 6.45) is 8.16. The normalized spacial score (nSPS) is 19.6. The van der Waals surface area contributed by atoms with Crippen LogP contribution in [0.25, 0.3) is 11.2 Å². The molecule has 1 aliphatic carbocycles. The molecule has 2 aromatic heterocycles. The van der Waals surface area contributed by atoms with Gasteiger partial charge in [-0.1, -0.05) is 25.0 Å². The molecule has 3 aromatic rings. The van der Waals surface area contributed by atoms with Crippen molar-refractivity contribution in [3.63, 3.8) is 0 Å². The third kappa shape index (κ3) is 3.55. The van der Waals surface area contributed by atoms with Crippen molar-refractivity contribution < 1.29 is 9.53 Å². The van der Waals surface area contributed by atoms with E-state index in [0.717, 1.165) is 42.0 Å². The zero-order valence-corrected chi connectivity index (χ0v) is 17.5. The van der Waals surface area contributed by atoms with Crippen LogP contribution in [0.5, 0.6) is 5.75 Å². The van der Waals surface area contributed by atoms with Gasteiger partial charge in [0.25, 0.3) is 0 Å². The van der Waals surface area contributed by atoms with E-state index in [9.17, 15) is 4.79 Å². The lowest BCUT2D eigenvalue weighted by Crippen LogP contribution is -2.30. The number of imidazole rings is 1. The van der Waals surface area contributed by atoms with Crippen molar-refractivity contribution >= 4 is 17.1 Å². The zero-order valence-electron chi connectivity index (χ0n) is 17.5. The summed E-state index contributed by atoms with van der Waals surface area (Å²) in [5, 5.41) is 0. The van der Waals surface area contributed by atoms with Crippen LogP contribution in [-0.2, 0) is 11.2 Å². The predicted octanol–water partition coefficient (Wildman–Crippen LogP) is 4.11. The fourth-order valence-electron chi connectivity index (χ4n) is 5.03. The average Bonchev–Trinajstić information content (AvgIpc) is 3.52. The van der Waals surface area contributed by atoms with Crippen molar-refractivity contribution in [3.05, 3.63) is 54.0 Å². The number of benzene rings is 1. The Morgan fingerprint density at radius 1 is 1.17 bits per heavy atom. The van der Waals surface area contributed by atoms with Crippen LogP contribution in [0.2, 0.25) is 0 Å². The molecule has 2 fully saturated rings. The van der Waals surface area contributed by atoms with Crippen LogP contribution in [0.4, 0.5) is 0 Å². The molecule has 30 heavy (non-hydrogen) atoms. The van der Waals surface area contributed by atoms with Gasteiger partial charge in [0.05, 0.1) is 19.6 Å². The molecule has 6 nitrogen and oxygen atoms in total. The standard InChI is InChI=1S/C24H28N4O2/c1-30-20-9-4-6-17(14-20)15-22(29)27-13-11-19(16-27)28-23(18-7-2-3-8-18)26-21-10-5-12-25-24(21)28/h4-6,9-10,12,14,18-19H,2-3,7-8,11,13,15-16H2,1H3/t19-/m1/s1. The van der Waals surface area contributed by atoms with Crippen molar-refractivity contribution in [2.75, 3.05) is 20.2 Å². The molecule has 5 rings (SSSR count). The second-order valence-electron chi connectivity index (χ2n) is 8.48. The number of pyridine rings is 1. The summed E-state index contributed by atoms with van der Waals surface area (Å²) in [7, 11) is 1.65. The minimum atomic E-state index is 0.172. The van der Waals surface area contributed by atoms with E-state index in [1.54, 1.807) is 7.11 Å². The Hall–Kier alpha value is -2.89. The third-order valence-corrected chi connectivity index (χ3v) is 6.57.